The van der Waals surface area contributed by atoms with Crippen LogP contribution in [0.25, 0.3) is 10.6 Å². The lowest BCUT2D eigenvalue weighted by molar-refractivity contribution is -0.114. The van der Waals surface area contributed by atoms with Crippen molar-refractivity contribution in [1.82, 2.24) is 10.2 Å². The number of sulfonamides is 1. The van der Waals surface area contributed by atoms with Gasteiger partial charge in [-0.15, -0.1) is 10.2 Å². The Morgan fingerprint density at radius 3 is 2.40 bits per heavy atom. The van der Waals surface area contributed by atoms with E-state index in [-0.39, 0.29) is 10.8 Å². The highest BCUT2D eigenvalue weighted by Gasteiger charge is 2.23. The number of anilines is 2. The first-order valence-corrected chi connectivity index (χ1v) is 11.4. The first kappa shape index (κ1) is 21.5. The van der Waals surface area contributed by atoms with Gasteiger partial charge < -0.3 is 9.47 Å². The summed E-state index contributed by atoms with van der Waals surface area (Å²) in [5.74, 6) is 0.244. The number of rotatable bonds is 8. The van der Waals surface area contributed by atoms with Crippen LogP contribution in [0.4, 0.5) is 10.8 Å². The Morgan fingerprint density at radius 1 is 1.07 bits per heavy atom. The van der Waals surface area contributed by atoms with E-state index in [0.29, 0.717) is 16.5 Å². The zero-order valence-corrected chi connectivity index (χ0v) is 18.2. The van der Waals surface area contributed by atoms with Crippen LogP contribution in [0, 0.1) is 0 Å². The van der Waals surface area contributed by atoms with Crippen molar-refractivity contribution in [3.63, 3.8) is 0 Å². The van der Waals surface area contributed by atoms with Crippen molar-refractivity contribution in [1.29, 1.82) is 0 Å². The molecule has 0 aliphatic rings. The Hall–Kier alpha value is -3.18. The second kappa shape index (κ2) is 9.09. The first-order valence-electron chi connectivity index (χ1n) is 8.70. The van der Waals surface area contributed by atoms with Crippen LogP contribution in [0.3, 0.4) is 0 Å². The van der Waals surface area contributed by atoms with Gasteiger partial charge in [-0.3, -0.25) is 14.4 Å². The molecule has 9 nitrogen and oxygen atoms in total. The van der Waals surface area contributed by atoms with E-state index >= 15 is 0 Å². The van der Waals surface area contributed by atoms with Gasteiger partial charge in [0.15, 0.2) is 11.5 Å². The molecule has 0 saturated carbocycles. The molecule has 0 bridgehead atoms. The number of methoxy groups -OCH3 is 2. The van der Waals surface area contributed by atoms with E-state index in [2.05, 4.69) is 15.5 Å². The van der Waals surface area contributed by atoms with Crippen LogP contribution in [-0.2, 0) is 14.8 Å². The van der Waals surface area contributed by atoms with Gasteiger partial charge in [-0.1, -0.05) is 41.7 Å². The van der Waals surface area contributed by atoms with Crippen molar-refractivity contribution < 1.29 is 22.7 Å². The molecule has 0 atom stereocenters. The number of hydrogen-bond acceptors (Lipinski definition) is 8. The molecule has 1 N–H and O–H groups in total. The van der Waals surface area contributed by atoms with Gasteiger partial charge in [0.05, 0.1) is 26.2 Å². The van der Waals surface area contributed by atoms with Crippen LogP contribution in [0.5, 0.6) is 11.5 Å². The molecular weight excluding hydrogens is 428 g/mol. The van der Waals surface area contributed by atoms with E-state index in [1.807, 2.05) is 30.3 Å². The van der Waals surface area contributed by atoms with Gasteiger partial charge in [-0.2, -0.15) is 0 Å². The molecule has 0 aliphatic carbocycles. The molecule has 2 aromatic carbocycles. The lowest BCUT2D eigenvalue weighted by Crippen LogP contribution is -2.37. The normalized spacial score (nSPS) is 11.0. The van der Waals surface area contributed by atoms with Crippen molar-refractivity contribution in [2.45, 2.75) is 0 Å². The van der Waals surface area contributed by atoms with Crippen LogP contribution in [-0.4, -0.2) is 51.5 Å². The highest BCUT2D eigenvalue weighted by Crippen LogP contribution is 2.32. The number of amides is 1. The summed E-state index contributed by atoms with van der Waals surface area (Å²) in [6, 6.07) is 14.0. The van der Waals surface area contributed by atoms with Crippen LogP contribution in [0.15, 0.2) is 48.5 Å². The van der Waals surface area contributed by atoms with Crippen LogP contribution >= 0.6 is 11.3 Å². The Balaban J connectivity index is 1.78. The number of ether oxygens (including phenoxy) is 2. The zero-order valence-electron chi connectivity index (χ0n) is 16.5. The highest BCUT2D eigenvalue weighted by atomic mass is 32.2. The van der Waals surface area contributed by atoms with Gasteiger partial charge in [0.2, 0.25) is 21.1 Å². The fourth-order valence-corrected chi connectivity index (χ4v) is 4.25. The average Bonchev–Trinajstić information content (AvgIpc) is 3.19. The molecule has 0 saturated heterocycles. The maximum Gasteiger partial charge on any atom is 0.246 e. The number of carbonyl (C=O) groups excluding carboxylic acids is 1. The summed E-state index contributed by atoms with van der Waals surface area (Å²) in [5, 5.41) is 11.5. The summed E-state index contributed by atoms with van der Waals surface area (Å²) < 4.78 is 36.0. The summed E-state index contributed by atoms with van der Waals surface area (Å²) in [6.07, 6.45) is 1.02. The largest absolute Gasteiger partial charge is 0.493 e. The maximum absolute atomic E-state index is 12.5. The van der Waals surface area contributed by atoms with Gasteiger partial charge in [-0.25, -0.2) is 8.42 Å². The smallest absolute Gasteiger partial charge is 0.246 e. The third kappa shape index (κ3) is 5.05. The van der Waals surface area contributed by atoms with E-state index in [4.69, 9.17) is 9.47 Å². The minimum absolute atomic E-state index is 0.271. The number of hydrogen-bond donors (Lipinski definition) is 1. The summed E-state index contributed by atoms with van der Waals surface area (Å²) >= 11 is 1.20. The molecule has 1 heterocycles. The third-order valence-electron chi connectivity index (χ3n) is 4.03. The van der Waals surface area contributed by atoms with Crippen molar-refractivity contribution in [2.24, 2.45) is 0 Å². The maximum atomic E-state index is 12.5. The van der Waals surface area contributed by atoms with Gasteiger partial charge in [0.25, 0.3) is 0 Å². The van der Waals surface area contributed by atoms with E-state index < -0.39 is 22.5 Å². The van der Waals surface area contributed by atoms with Crippen LogP contribution in [0.2, 0.25) is 0 Å². The molecule has 3 aromatic rings. The Morgan fingerprint density at radius 2 is 1.77 bits per heavy atom. The van der Waals surface area contributed by atoms with Gasteiger partial charge >= 0.3 is 0 Å². The fraction of sp³-hybridized carbons (Fsp3) is 0.211. The van der Waals surface area contributed by atoms with Crippen molar-refractivity contribution in [3.05, 3.63) is 48.5 Å². The molecule has 1 aromatic heterocycles. The van der Waals surface area contributed by atoms with E-state index in [1.165, 1.54) is 37.7 Å². The molecule has 0 unspecified atom stereocenters. The topological polar surface area (TPSA) is 111 Å². The molecule has 158 valence electrons. The van der Waals surface area contributed by atoms with Crippen molar-refractivity contribution in [2.75, 3.05) is 36.6 Å². The average molecular weight is 449 g/mol. The minimum atomic E-state index is -3.74. The Kier molecular flexibility index (Phi) is 6.53. The molecule has 11 heteroatoms. The predicted molar refractivity (Wildman–Crippen MR) is 116 cm³/mol. The summed E-state index contributed by atoms with van der Waals surface area (Å²) in [5.41, 5.74) is 1.14. The Labute approximate surface area is 178 Å². The van der Waals surface area contributed by atoms with Gasteiger partial charge in [0, 0.05) is 11.6 Å². The zero-order chi connectivity index (χ0) is 21.7. The van der Waals surface area contributed by atoms with Gasteiger partial charge in [0.1, 0.15) is 11.6 Å². The molecule has 0 fully saturated rings. The second-order valence-corrected chi connectivity index (χ2v) is 9.02. The fourth-order valence-electron chi connectivity index (χ4n) is 2.64. The van der Waals surface area contributed by atoms with E-state index in [9.17, 15) is 13.2 Å². The Bertz CT molecular complexity index is 1130. The number of aromatic nitrogens is 2. The lowest BCUT2D eigenvalue weighted by Gasteiger charge is -2.22. The monoisotopic (exact) mass is 448 g/mol. The molecule has 0 aliphatic heterocycles. The van der Waals surface area contributed by atoms with Crippen molar-refractivity contribution >= 4 is 38.1 Å². The highest BCUT2D eigenvalue weighted by molar-refractivity contribution is 7.92. The van der Waals surface area contributed by atoms with Crippen LogP contribution in [0.1, 0.15) is 0 Å². The second-order valence-electron chi connectivity index (χ2n) is 6.14. The number of nitrogens with zero attached hydrogens (tertiary/aromatic N) is 3. The van der Waals surface area contributed by atoms with Crippen molar-refractivity contribution in [3.8, 4) is 22.1 Å². The number of benzene rings is 2. The first-order chi connectivity index (χ1) is 14.3. The summed E-state index contributed by atoms with van der Waals surface area (Å²) in [7, 11) is -0.824. The molecule has 0 spiro atoms. The lowest BCUT2D eigenvalue weighted by atomic mass is 10.2. The number of nitrogens with one attached hydrogen (secondary N) is 1. The molecule has 30 heavy (non-hydrogen) atoms. The quantitative estimate of drug-likeness (QED) is 0.564. The standard InChI is InChI=1S/C19H20N4O5S2/c1-27-15-10-9-14(11-16(15)28-2)23(30(3,25)26)12-17(24)20-19-22-21-18(29-19)13-7-5-4-6-8-13/h4-11H,12H2,1-3H3,(H,20,22,24). The molecule has 0 radical (unpaired) electrons. The SMILES string of the molecule is COc1ccc(N(CC(=O)Nc2nnc(-c3ccccc3)s2)S(C)(=O)=O)cc1OC. The minimum Gasteiger partial charge on any atom is -0.493 e. The third-order valence-corrected chi connectivity index (χ3v) is 6.06. The van der Waals surface area contributed by atoms with Gasteiger partial charge in [-0.05, 0) is 12.1 Å². The van der Waals surface area contributed by atoms with Crippen LogP contribution < -0.4 is 19.1 Å². The molecule has 1 amide bonds. The van der Waals surface area contributed by atoms with E-state index in [0.717, 1.165) is 16.1 Å². The summed E-state index contributed by atoms with van der Waals surface area (Å²) in [6.45, 7) is -0.436. The molecule has 3 rings (SSSR count). The van der Waals surface area contributed by atoms with E-state index in [1.54, 1.807) is 6.07 Å². The summed E-state index contributed by atoms with van der Waals surface area (Å²) in [4.78, 5) is 12.5. The predicted octanol–water partition coefficient (Wildman–Crippen LogP) is 2.63. The molecular formula is C19H20N4O5S2. The number of carbonyl (C=O) groups is 1.